The molecule has 0 aromatic heterocycles. The lowest BCUT2D eigenvalue weighted by molar-refractivity contribution is -0.148. The maximum absolute atomic E-state index is 14.4. The average molecular weight is 1150 g/mol. The number of benzene rings is 1. The molecule has 0 spiro atoms. The van der Waals surface area contributed by atoms with E-state index in [1.807, 2.05) is 5.32 Å². The second-order valence-corrected chi connectivity index (χ2v) is 21.6. The van der Waals surface area contributed by atoms with Gasteiger partial charge in [0.05, 0.1) is 36.9 Å². The Morgan fingerprint density at radius 2 is 1.30 bits per heavy atom. The lowest BCUT2D eigenvalue weighted by atomic mass is 9.98. The first kappa shape index (κ1) is 65.7. The Morgan fingerprint density at radius 3 is 1.87 bits per heavy atom. The summed E-state index contributed by atoms with van der Waals surface area (Å²) in [6.07, 6.45) is -3.84. The third-order valence-corrected chi connectivity index (χ3v) is 14.5. The van der Waals surface area contributed by atoms with Gasteiger partial charge in [0.25, 0.3) is 0 Å². The number of nitrogens with zero attached hydrogens (tertiary/aromatic N) is 2. The highest BCUT2D eigenvalue weighted by Gasteiger charge is 2.48. The maximum atomic E-state index is 14.4. The van der Waals surface area contributed by atoms with E-state index >= 15 is 0 Å². The molecule has 0 radical (unpaired) electrons. The first-order valence-corrected chi connectivity index (χ1v) is 28.2. The molecule has 28 nitrogen and oxygen atoms in total. The molecule has 3 saturated heterocycles. The van der Waals surface area contributed by atoms with Gasteiger partial charge in [0.1, 0.15) is 42.4 Å². The van der Waals surface area contributed by atoms with Crippen molar-refractivity contribution in [1.82, 2.24) is 36.4 Å². The highest BCUT2D eigenvalue weighted by molar-refractivity contribution is 7.81. The summed E-state index contributed by atoms with van der Waals surface area (Å²) in [5.74, 6) is -11.4. The molecular formula is C50H80N8O20S. The van der Waals surface area contributed by atoms with Crippen molar-refractivity contribution >= 4 is 57.7 Å². The predicted molar refractivity (Wildman–Crippen MR) is 277 cm³/mol. The summed E-state index contributed by atoms with van der Waals surface area (Å²) in [5.41, 5.74) is 5.23. The molecule has 16 N–H and O–H groups in total. The SMILES string of the molecule is CCCCCCCCCCCCCCCC(=O)N[C@H]1C[C@@H](O)[C@H](O)NC(=O)[C@@H]2[C@H](O)CCN2C(=O)[C@@H]([C@H](O)CC(N)=O)NC(=O)[C@H]([C@H](O)Cc2ccc(OS(=O)(=O)O)c(O)c2)NC(=O)[C@H]2C[C@H](O)CN2C(=O)[C@@H]([C@H](C)O)NC1=O. The Morgan fingerprint density at radius 1 is 0.734 bits per heavy atom. The molecule has 446 valence electrons. The minimum absolute atomic E-state index is 0.0927. The maximum Gasteiger partial charge on any atom is 0.446 e. The molecule has 3 aliphatic rings. The van der Waals surface area contributed by atoms with Crippen LogP contribution in [0.2, 0.25) is 0 Å². The van der Waals surface area contributed by atoms with E-state index in [0.29, 0.717) is 17.7 Å². The Balaban J connectivity index is 1.69. The largest absolute Gasteiger partial charge is 0.504 e. The molecule has 1 aromatic carbocycles. The number of nitrogens with one attached hydrogen (secondary N) is 5. The van der Waals surface area contributed by atoms with Crippen LogP contribution in [0.15, 0.2) is 18.2 Å². The standard InChI is InChI=1S/C50H80N8O20S/c1-3-4-5-6-7-8-9-10-11-12-13-14-15-16-39(67)52-30-24-36(65)46(70)56-48(72)43-32(61)19-20-57(43)50(74)42(35(64)25-38(51)66)55-47(71)41(34(63)22-28-17-18-37(33(62)21-28)78-79(75,76)77)54-45(69)31-23-29(60)26-58(31)49(73)40(27(2)59)53-44(30)68/h17-18,21,27,29-32,34-36,40-43,46,59-65,70H,3-16,19-20,22-26H2,1-2H3,(H2,51,66)(H,52,67)(H,53,68)(H,54,69)(H,55,71)(H,56,72)(H,75,76,77)/t27-,29-,30-,31+,32+,34+,35+,36+,40+,41-,42+,43-,46-/m0/s1. The molecular weight excluding hydrogens is 1060 g/mol. The molecule has 29 heteroatoms. The van der Waals surface area contributed by atoms with Gasteiger partial charge in [-0.2, -0.15) is 8.42 Å². The summed E-state index contributed by atoms with van der Waals surface area (Å²) in [5, 5.41) is 99.8. The summed E-state index contributed by atoms with van der Waals surface area (Å²) in [7, 11) is -5.13. The van der Waals surface area contributed by atoms with Crippen molar-refractivity contribution in [3.8, 4) is 11.5 Å². The number of rotatable bonds is 24. The van der Waals surface area contributed by atoms with Crippen LogP contribution in [0.3, 0.4) is 0 Å². The van der Waals surface area contributed by atoms with Crippen LogP contribution >= 0.6 is 0 Å². The molecule has 3 aliphatic heterocycles. The van der Waals surface area contributed by atoms with Gasteiger partial charge < -0.3 is 87.2 Å². The van der Waals surface area contributed by atoms with Gasteiger partial charge in [-0.1, -0.05) is 90.0 Å². The Kier molecular flexibility index (Phi) is 26.0. The van der Waals surface area contributed by atoms with Crippen molar-refractivity contribution in [2.75, 3.05) is 13.1 Å². The number of hydrogen-bond donors (Lipinski definition) is 15. The van der Waals surface area contributed by atoms with Crippen LogP contribution in [-0.2, 0) is 55.2 Å². The number of aliphatic hydroxyl groups is 7. The Hall–Kier alpha value is -5.79. The zero-order valence-electron chi connectivity index (χ0n) is 44.5. The van der Waals surface area contributed by atoms with E-state index in [4.69, 9.17) is 10.3 Å². The Bertz CT molecular complexity index is 2370. The number of phenolic OH excluding ortho intramolecular Hbond substituents is 1. The van der Waals surface area contributed by atoms with E-state index in [0.717, 1.165) is 62.1 Å². The molecule has 4 rings (SSSR count). The second-order valence-electron chi connectivity index (χ2n) is 20.6. The van der Waals surface area contributed by atoms with Crippen molar-refractivity contribution in [1.29, 1.82) is 0 Å². The summed E-state index contributed by atoms with van der Waals surface area (Å²) in [6, 6.07) is -9.24. The quantitative estimate of drug-likeness (QED) is 0.0355. The molecule has 3 heterocycles. The number of aliphatic hydroxyl groups excluding tert-OH is 7. The number of primary amides is 1. The fraction of sp³-hybridized carbons (Fsp3) is 0.720. The number of carbonyl (C=O) groups excluding carboxylic acids is 8. The van der Waals surface area contributed by atoms with Crippen LogP contribution in [0.5, 0.6) is 11.5 Å². The number of phenols is 1. The predicted octanol–water partition coefficient (Wildman–Crippen LogP) is -3.36. The van der Waals surface area contributed by atoms with Crippen LogP contribution < -0.4 is 36.5 Å². The van der Waals surface area contributed by atoms with Gasteiger partial charge in [-0.05, 0) is 37.5 Å². The fourth-order valence-corrected chi connectivity index (χ4v) is 10.2. The molecule has 0 saturated carbocycles. The highest BCUT2D eigenvalue weighted by atomic mass is 32.3. The zero-order chi connectivity index (χ0) is 58.7. The highest BCUT2D eigenvalue weighted by Crippen LogP contribution is 2.29. The van der Waals surface area contributed by atoms with Gasteiger partial charge >= 0.3 is 10.4 Å². The van der Waals surface area contributed by atoms with Crippen molar-refractivity contribution in [3.05, 3.63) is 23.8 Å². The summed E-state index contributed by atoms with van der Waals surface area (Å²) in [4.78, 5) is 113. The van der Waals surface area contributed by atoms with Crippen LogP contribution in [-0.4, -0.2) is 203 Å². The topological polar surface area (TPSA) is 455 Å². The van der Waals surface area contributed by atoms with Gasteiger partial charge in [0.2, 0.25) is 47.3 Å². The minimum Gasteiger partial charge on any atom is -0.504 e. The molecule has 0 unspecified atom stereocenters. The number of amides is 8. The van der Waals surface area contributed by atoms with Crippen molar-refractivity contribution in [2.24, 2.45) is 5.73 Å². The average Bonchev–Trinajstić information content (AvgIpc) is 3.97. The number of unbranched alkanes of at least 4 members (excludes halogenated alkanes) is 12. The van der Waals surface area contributed by atoms with E-state index in [2.05, 4.69) is 32.4 Å². The van der Waals surface area contributed by atoms with Gasteiger partial charge in [-0.25, -0.2) is 0 Å². The van der Waals surface area contributed by atoms with Gasteiger partial charge in [0.15, 0.2) is 17.7 Å². The molecule has 0 bridgehead atoms. The van der Waals surface area contributed by atoms with E-state index < -0.39 is 187 Å². The van der Waals surface area contributed by atoms with Crippen molar-refractivity contribution < 1.29 is 96.4 Å². The van der Waals surface area contributed by atoms with Gasteiger partial charge in [-0.15, -0.1) is 0 Å². The third-order valence-electron chi connectivity index (χ3n) is 14.1. The molecule has 3 fully saturated rings. The van der Waals surface area contributed by atoms with E-state index in [9.17, 15) is 87.6 Å². The number of aromatic hydroxyl groups is 1. The molecule has 79 heavy (non-hydrogen) atoms. The van der Waals surface area contributed by atoms with Gasteiger partial charge in [0, 0.05) is 38.8 Å². The Labute approximate surface area is 458 Å². The summed E-state index contributed by atoms with van der Waals surface area (Å²) in [6.45, 7) is 2.18. The lowest BCUT2D eigenvalue weighted by Crippen LogP contribution is -2.64. The van der Waals surface area contributed by atoms with Crippen molar-refractivity contribution in [2.45, 2.75) is 215 Å². The summed E-state index contributed by atoms with van der Waals surface area (Å²) >= 11 is 0. The van der Waals surface area contributed by atoms with Gasteiger partial charge in [-0.3, -0.25) is 42.9 Å². The molecule has 1 aromatic rings. The lowest BCUT2D eigenvalue weighted by Gasteiger charge is -2.34. The summed E-state index contributed by atoms with van der Waals surface area (Å²) < 4.78 is 36.0. The number of carbonyl (C=O) groups is 8. The smallest absolute Gasteiger partial charge is 0.446 e. The van der Waals surface area contributed by atoms with Crippen LogP contribution in [0.4, 0.5) is 0 Å². The van der Waals surface area contributed by atoms with Crippen molar-refractivity contribution in [3.63, 3.8) is 0 Å². The van der Waals surface area contributed by atoms with Crippen LogP contribution in [0, 0.1) is 0 Å². The molecule has 0 aliphatic carbocycles. The first-order valence-electron chi connectivity index (χ1n) is 26.9. The van der Waals surface area contributed by atoms with E-state index in [1.54, 1.807) is 0 Å². The van der Waals surface area contributed by atoms with Crippen LogP contribution in [0.25, 0.3) is 0 Å². The zero-order valence-corrected chi connectivity index (χ0v) is 45.3. The molecule has 13 atom stereocenters. The monoisotopic (exact) mass is 1140 g/mol. The number of nitrogens with two attached hydrogens (primary N) is 1. The second kappa shape index (κ2) is 31.3. The number of hydrogen-bond acceptors (Lipinski definition) is 19. The van der Waals surface area contributed by atoms with Crippen LogP contribution in [0.1, 0.15) is 135 Å². The number of fused-ring (bicyclic) bond motifs is 2. The van der Waals surface area contributed by atoms with E-state index in [1.165, 1.54) is 38.5 Å². The normalized spacial score (nSPS) is 27.1. The fourth-order valence-electron chi connectivity index (χ4n) is 9.85. The molecule has 8 amide bonds. The minimum atomic E-state index is -5.13. The first-order chi connectivity index (χ1) is 37.2. The van der Waals surface area contributed by atoms with E-state index in [-0.39, 0.29) is 18.4 Å². The third kappa shape index (κ3) is 20.4.